The third-order valence-corrected chi connectivity index (χ3v) is 4.61. The van der Waals surface area contributed by atoms with Crippen molar-refractivity contribution in [1.29, 1.82) is 5.41 Å². The minimum absolute atomic E-state index is 0.00459. The highest BCUT2D eigenvalue weighted by Crippen LogP contribution is 2.12. The number of amides is 2. The van der Waals surface area contributed by atoms with E-state index in [1.165, 1.54) is 0 Å². The highest BCUT2D eigenvalue weighted by Gasteiger charge is 2.21. The van der Waals surface area contributed by atoms with E-state index in [1.807, 2.05) is 18.2 Å². The summed E-state index contributed by atoms with van der Waals surface area (Å²) in [6.07, 6.45) is 5.07. The number of aromatic nitrogens is 2. The highest BCUT2D eigenvalue weighted by molar-refractivity contribution is 5.94. The van der Waals surface area contributed by atoms with Crippen molar-refractivity contribution in [2.75, 3.05) is 6.54 Å². The van der Waals surface area contributed by atoms with E-state index in [9.17, 15) is 9.59 Å². The van der Waals surface area contributed by atoms with Crippen LogP contribution in [0.2, 0.25) is 0 Å². The Morgan fingerprint density at radius 2 is 1.84 bits per heavy atom. The lowest BCUT2D eigenvalue weighted by molar-refractivity contribution is -0.127. The third kappa shape index (κ3) is 6.51. The molecular weight excluding hydrogens is 394 g/mol. The molecule has 0 saturated heterocycles. The first-order chi connectivity index (χ1) is 15.0. The molecule has 2 aromatic heterocycles. The van der Waals surface area contributed by atoms with E-state index in [1.54, 1.807) is 48.9 Å². The molecule has 0 fully saturated rings. The molecule has 1 aromatic carbocycles. The second kappa shape index (κ2) is 10.7. The molecule has 3 rings (SSSR count). The fourth-order valence-electron chi connectivity index (χ4n) is 2.93. The van der Waals surface area contributed by atoms with Gasteiger partial charge in [-0.2, -0.15) is 0 Å². The number of aromatic amines is 1. The Hall–Kier alpha value is -3.98. The first kappa shape index (κ1) is 21.7. The molecule has 9 nitrogen and oxygen atoms in total. The van der Waals surface area contributed by atoms with Crippen LogP contribution >= 0.6 is 0 Å². The molecule has 9 heteroatoms. The number of carbonyl (C=O) groups excluding carboxylic acids is 2. The lowest BCUT2D eigenvalue weighted by Gasteiger charge is -2.18. The van der Waals surface area contributed by atoms with E-state index in [0.717, 1.165) is 11.1 Å². The van der Waals surface area contributed by atoms with Gasteiger partial charge < -0.3 is 21.4 Å². The molecule has 2 heterocycles. The molecule has 7 N–H and O–H groups in total. The molecule has 0 aliphatic heterocycles. The van der Waals surface area contributed by atoms with E-state index in [2.05, 4.69) is 25.9 Å². The molecule has 3 aromatic rings. The van der Waals surface area contributed by atoms with Gasteiger partial charge in [-0.15, -0.1) is 0 Å². The van der Waals surface area contributed by atoms with Crippen LogP contribution in [0.25, 0.3) is 0 Å². The zero-order chi connectivity index (χ0) is 22.1. The van der Waals surface area contributed by atoms with Crippen molar-refractivity contribution >= 4 is 17.6 Å². The average molecular weight is 419 g/mol. The molecule has 0 aliphatic rings. The second-order valence-corrected chi connectivity index (χ2v) is 6.91. The maximum Gasteiger partial charge on any atom is 0.243 e. The van der Waals surface area contributed by atoms with Gasteiger partial charge in [-0.1, -0.05) is 30.3 Å². The molecule has 0 bridgehead atoms. The SMILES string of the molecule is N=C(N)c1ccc(CNC(C(=O)NCC(=O)NCc2cccnc2)c2ccc[nH]2)cc1. The molecule has 0 spiro atoms. The van der Waals surface area contributed by atoms with Crippen LogP contribution in [0.5, 0.6) is 0 Å². The summed E-state index contributed by atoms with van der Waals surface area (Å²) in [6, 6.07) is 13.8. The Labute approximate surface area is 180 Å². The number of nitrogens with zero attached hydrogens (tertiary/aromatic N) is 1. The average Bonchev–Trinajstić information content (AvgIpc) is 3.32. The van der Waals surface area contributed by atoms with E-state index < -0.39 is 6.04 Å². The van der Waals surface area contributed by atoms with Gasteiger partial charge in [0.05, 0.1) is 6.54 Å². The van der Waals surface area contributed by atoms with Crippen molar-refractivity contribution in [3.63, 3.8) is 0 Å². The molecule has 0 radical (unpaired) electrons. The minimum atomic E-state index is -0.659. The van der Waals surface area contributed by atoms with Gasteiger partial charge in [0.2, 0.25) is 11.8 Å². The van der Waals surface area contributed by atoms with E-state index >= 15 is 0 Å². The first-order valence-corrected chi connectivity index (χ1v) is 9.76. The van der Waals surface area contributed by atoms with Gasteiger partial charge in [0.15, 0.2) is 0 Å². The normalized spacial score (nSPS) is 11.5. The van der Waals surface area contributed by atoms with Crippen molar-refractivity contribution in [2.45, 2.75) is 19.1 Å². The Morgan fingerprint density at radius 1 is 1.03 bits per heavy atom. The Bertz CT molecular complexity index is 1000. The molecule has 31 heavy (non-hydrogen) atoms. The summed E-state index contributed by atoms with van der Waals surface area (Å²) in [5.41, 5.74) is 8.62. The molecule has 1 unspecified atom stereocenters. The maximum atomic E-state index is 12.8. The van der Waals surface area contributed by atoms with Crippen LogP contribution in [-0.4, -0.2) is 34.2 Å². The predicted molar refractivity (Wildman–Crippen MR) is 117 cm³/mol. The number of nitrogen functional groups attached to an aromatic ring is 1. The van der Waals surface area contributed by atoms with Crippen LogP contribution < -0.4 is 21.7 Å². The number of hydrogen-bond acceptors (Lipinski definition) is 5. The summed E-state index contributed by atoms with van der Waals surface area (Å²) < 4.78 is 0. The van der Waals surface area contributed by atoms with Crippen molar-refractivity contribution in [2.24, 2.45) is 5.73 Å². The number of nitrogens with one attached hydrogen (secondary N) is 5. The molecule has 0 aliphatic carbocycles. The monoisotopic (exact) mass is 419 g/mol. The minimum Gasteiger partial charge on any atom is -0.384 e. The Kier molecular flexibility index (Phi) is 7.50. The van der Waals surface area contributed by atoms with E-state index in [4.69, 9.17) is 11.1 Å². The Balaban J connectivity index is 1.54. The number of hydrogen-bond donors (Lipinski definition) is 6. The van der Waals surface area contributed by atoms with Crippen molar-refractivity contribution in [3.05, 3.63) is 89.5 Å². The number of nitrogens with two attached hydrogens (primary N) is 1. The smallest absolute Gasteiger partial charge is 0.243 e. The second-order valence-electron chi connectivity index (χ2n) is 6.91. The van der Waals surface area contributed by atoms with E-state index in [0.29, 0.717) is 24.3 Å². The maximum absolute atomic E-state index is 12.8. The summed E-state index contributed by atoms with van der Waals surface area (Å²) in [4.78, 5) is 31.9. The van der Waals surface area contributed by atoms with Crippen LogP contribution in [0.3, 0.4) is 0 Å². The van der Waals surface area contributed by atoms with Crippen LogP contribution in [0.1, 0.15) is 28.4 Å². The zero-order valence-electron chi connectivity index (χ0n) is 16.9. The largest absolute Gasteiger partial charge is 0.384 e. The molecule has 0 saturated carbocycles. The fraction of sp³-hybridized carbons (Fsp3) is 0.182. The predicted octanol–water partition coefficient (Wildman–Crippen LogP) is 0.957. The quantitative estimate of drug-likeness (QED) is 0.214. The van der Waals surface area contributed by atoms with Crippen LogP contribution in [0.15, 0.2) is 67.1 Å². The third-order valence-electron chi connectivity index (χ3n) is 4.61. The highest BCUT2D eigenvalue weighted by atomic mass is 16.2. The lowest BCUT2D eigenvalue weighted by Crippen LogP contribution is -2.42. The number of H-pyrrole nitrogens is 1. The number of benzene rings is 1. The fourth-order valence-corrected chi connectivity index (χ4v) is 2.93. The molecule has 2 amide bonds. The van der Waals surface area contributed by atoms with Crippen LogP contribution in [0, 0.1) is 5.41 Å². The number of rotatable bonds is 10. The topological polar surface area (TPSA) is 149 Å². The Morgan fingerprint density at radius 3 is 2.48 bits per heavy atom. The first-order valence-electron chi connectivity index (χ1n) is 9.76. The van der Waals surface area contributed by atoms with Gasteiger partial charge in [-0.25, -0.2) is 0 Å². The zero-order valence-corrected chi connectivity index (χ0v) is 16.9. The lowest BCUT2D eigenvalue weighted by atomic mass is 10.1. The van der Waals surface area contributed by atoms with Crippen LogP contribution in [0.4, 0.5) is 0 Å². The van der Waals surface area contributed by atoms with Crippen molar-refractivity contribution in [1.82, 2.24) is 25.9 Å². The summed E-state index contributed by atoms with van der Waals surface area (Å²) in [6.45, 7) is 0.630. The summed E-state index contributed by atoms with van der Waals surface area (Å²) >= 11 is 0. The van der Waals surface area contributed by atoms with Gasteiger partial charge in [-0.05, 0) is 29.3 Å². The number of amidine groups is 1. The van der Waals surface area contributed by atoms with Gasteiger partial charge in [0.1, 0.15) is 11.9 Å². The molecule has 160 valence electrons. The van der Waals surface area contributed by atoms with Crippen molar-refractivity contribution < 1.29 is 9.59 Å². The number of carbonyl (C=O) groups is 2. The van der Waals surface area contributed by atoms with Crippen molar-refractivity contribution in [3.8, 4) is 0 Å². The van der Waals surface area contributed by atoms with Gasteiger partial charge in [-0.3, -0.25) is 25.3 Å². The standard InChI is InChI=1S/C22H25N7O2/c23-21(24)17-7-5-15(6-8-17)12-28-20(18-4-2-10-26-18)22(31)29-14-19(30)27-13-16-3-1-9-25-11-16/h1-11,20,26,28H,12-14H2,(H3,23,24)(H,27,30)(H,29,31). The molecule has 1 atom stereocenters. The van der Waals surface area contributed by atoms with Gasteiger partial charge in [0, 0.05) is 42.9 Å². The van der Waals surface area contributed by atoms with Crippen LogP contribution in [-0.2, 0) is 22.7 Å². The summed E-state index contributed by atoms with van der Waals surface area (Å²) in [5.74, 6) is -0.605. The number of pyridine rings is 1. The molecular formula is C22H25N7O2. The summed E-state index contributed by atoms with van der Waals surface area (Å²) in [7, 11) is 0. The van der Waals surface area contributed by atoms with Gasteiger partial charge >= 0.3 is 0 Å². The van der Waals surface area contributed by atoms with E-state index in [-0.39, 0.29) is 24.2 Å². The van der Waals surface area contributed by atoms with Gasteiger partial charge in [0.25, 0.3) is 0 Å². The summed E-state index contributed by atoms with van der Waals surface area (Å²) in [5, 5.41) is 16.1.